The van der Waals surface area contributed by atoms with Crippen LogP contribution >= 0.6 is 0 Å². The number of ether oxygens (including phenoxy) is 2. The maximum absolute atomic E-state index is 11.0. The Labute approximate surface area is 131 Å². The topological polar surface area (TPSA) is 110 Å². The number of rotatable bonds is 6. The molecule has 0 aliphatic carbocycles. The number of hydrogen-bond donors (Lipinski definition) is 1. The van der Waals surface area contributed by atoms with Crippen molar-refractivity contribution in [3.8, 4) is 11.9 Å². The maximum Gasteiger partial charge on any atom is 0.321 e. The van der Waals surface area contributed by atoms with Crippen molar-refractivity contribution in [2.24, 2.45) is 5.73 Å². The lowest BCUT2D eigenvalue weighted by molar-refractivity contribution is 0.0994. The molecule has 3 rings (SSSR count). The van der Waals surface area contributed by atoms with Gasteiger partial charge in [0.25, 0.3) is 5.91 Å². The first-order valence-electron chi connectivity index (χ1n) is 6.82. The fourth-order valence-electron chi connectivity index (χ4n) is 2.21. The van der Waals surface area contributed by atoms with Gasteiger partial charge in [-0.3, -0.25) is 9.48 Å². The molecule has 9 heteroatoms. The summed E-state index contributed by atoms with van der Waals surface area (Å²) < 4.78 is 13.9. The number of fused-ring (bicyclic) bond motifs is 1. The number of methoxy groups -OCH3 is 2. The smallest absolute Gasteiger partial charge is 0.321 e. The predicted molar refractivity (Wildman–Crippen MR) is 80.2 cm³/mol. The summed E-state index contributed by atoms with van der Waals surface area (Å²) in [6, 6.07) is 4.82. The van der Waals surface area contributed by atoms with E-state index in [9.17, 15) is 4.79 Å². The molecule has 23 heavy (non-hydrogen) atoms. The van der Waals surface area contributed by atoms with Crippen LogP contribution in [0, 0.1) is 6.07 Å². The number of nitrogens with zero attached hydrogens (tertiary/aromatic N) is 5. The Hall–Kier alpha value is -3.10. The molecule has 9 nitrogen and oxygen atoms in total. The lowest BCUT2D eigenvalue weighted by Crippen LogP contribution is -2.13. The highest BCUT2D eigenvalue weighted by Crippen LogP contribution is 2.25. The average Bonchev–Trinajstić information content (AvgIpc) is 3.18. The number of hydrogen-bond acceptors (Lipinski definition) is 6. The predicted octanol–water partition coefficient (Wildman–Crippen LogP) is 0.244. The molecule has 0 fully saturated rings. The van der Waals surface area contributed by atoms with Gasteiger partial charge in [-0.15, -0.1) is 0 Å². The zero-order valence-electron chi connectivity index (χ0n) is 12.7. The van der Waals surface area contributed by atoms with Gasteiger partial charge in [-0.25, -0.2) is 0 Å². The van der Waals surface area contributed by atoms with Crippen LogP contribution in [0.4, 0.5) is 0 Å². The van der Waals surface area contributed by atoms with Crippen LogP contribution in [0.1, 0.15) is 10.5 Å². The van der Waals surface area contributed by atoms with Gasteiger partial charge in [0.05, 0.1) is 26.2 Å². The van der Waals surface area contributed by atoms with Crippen molar-refractivity contribution in [2.75, 3.05) is 14.2 Å². The molecular weight excluding hydrogens is 300 g/mol. The zero-order valence-corrected chi connectivity index (χ0v) is 12.7. The highest BCUT2D eigenvalue weighted by molar-refractivity contribution is 5.90. The van der Waals surface area contributed by atoms with Gasteiger partial charge in [0.15, 0.2) is 11.3 Å². The Kier molecular flexibility index (Phi) is 3.83. The van der Waals surface area contributed by atoms with Crippen molar-refractivity contribution in [1.82, 2.24) is 24.3 Å². The van der Waals surface area contributed by atoms with Crippen molar-refractivity contribution < 1.29 is 14.3 Å². The SMILES string of the molecule is COc1nc(OC)c2ccn(CCn3c[c]c(C(N)=O)n3)c2n1. The fourth-order valence-corrected chi connectivity index (χ4v) is 2.21. The third-order valence-corrected chi connectivity index (χ3v) is 3.32. The van der Waals surface area contributed by atoms with E-state index in [0.29, 0.717) is 24.6 Å². The first-order chi connectivity index (χ1) is 11.1. The molecule has 3 aromatic rings. The Morgan fingerprint density at radius 1 is 1.30 bits per heavy atom. The molecule has 0 saturated heterocycles. The number of amides is 1. The summed E-state index contributed by atoms with van der Waals surface area (Å²) in [5.74, 6) is -0.147. The second-order valence-corrected chi connectivity index (χ2v) is 4.72. The van der Waals surface area contributed by atoms with Gasteiger partial charge in [0.2, 0.25) is 5.88 Å². The van der Waals surface area contributed by atoms with Gasteiger partial charge in [-0.05, 0) is 6.07 Å². The number of carbonyl (C=O) groups is 1. The Morgan fingerprint density at radius 2 is 2.13 bits per heavy atom. The minimum absolute atomic E-state index is 0.119. The van der Waals surface area contributed by atoms with Crippen LogP contribution in [0.25, 0.3) is 11.0 Å². The lowest BCUT2D eigenvalue weighted by Gasteiger charge is -2.07. The molecule has 3 aromatic heterocycles. The number of carbonyl (C=O) groups excluding carboxylic acids is 1. The van der Waals surface area contributed by atoms with E-state index >= 15 is 0 Å². The van der Waals surface area contributed by atoms with E-state index in [0.717, 1.165) is 5.39 Å². The number of nitrogens with two attached hydrogens (primary N) is 1. The van der Waals surface area contributed by atoms with Gasteiger partial charge < -0.3 is 19.8 Å². The average molecular weight is 315 g/mol. The Balaban J connectivity index is 1.86. The largest absolute Gasteiger partial charge is 0.480 e. The van der Waals surface area contributed by atoms with Crippen molar-refractivity contribution in [3.05, 3.63) is 30.2 Å². The second-order valence-electron chi connectivity index (χ2n) is 4.72. The van der Waals surface area contributed by atoms with Gasteiger partial charge in [-0.2, -0.15) is 15.1 Å². The van der Waals surface area contributed by atoms with E-state index in [1.165, 1.54) is 7.11 Å². The van der Waals surface area contributed by atoms with E-state index < -0.39 is 5.91 Å². The molecule has 0 spiro atoms. The monoisotopic (exact) mass is 315 g/mol. The van der Waals surface area contributed by atoms with E-state index in [-0.39, 0.29) is 11.7 Å². The number of primary amides is 1. The van der Waals surface area contributed by atoms with Crippen LogP contribution in [0.5, 0.6) is 11.9 Å². The molecule has 119 valence electrons. The molecule has 1 amide bonds. The summed E-state index contributed by atoms with van der Waals surface area (Å²) >= 11 is 0. The van der Waals surface area contributed by atoms with Crippen molar-refractivity contribution in [3.63, 3.8) is 0 Å². The van der Waals surface area contributed by atoms with Crippen LogP contribution in [0.2, 0.25) is 0 Å². The molecule has 0 aliphatic heterocycles. The third kappa shape index (κ3) is 2.80. The normalized spacial score (nSPS) is 10.9. The minimum Gasteiger partial charge on any atom is -0.480 e. The van der Waals surface area contributed by atoms with Crippen LogP contribution in [-0.2, 0) is 13.1 Å². The Bertz CT molecular complexity index is 853. The van der Waals surface area contributed by atoms with Gasteiger partial charge in [0, 0.05) is 25.0 Å². The molecule has 0 bridgehead atoms. The molecule has 1 radical (unpaired) electrons. The highest BCUT2D eigenvalue weighted by Gasteiger charge is 2.13. The maximum atomic E-state index is 11.0. The molecule has 0 unspecified atom stereocenters. The molecule has 3 heterocycles. The van der Waals surface area contributed by atoms with Crippen LogP contribution < -0.4 is 15.2 Å². The molecule has 0 aliphatic rings. The first-order valence-corrected chi connectivity index (χ1v) is 6.82. The van der Waals surface area contributed by atoms with E-state index in [1.54, 1.807) is 18.0 Å². The summed E-state index contributed by atoms with van der Waals surface area (Å²) in [6.45, 7) is 1.11. The van der Waals surface area contributed by atoms with Crippen molar-refractivity contribution in [1.29, 1.82) is 0 Å². The van der Waals surface area contributed by atoms with E-state index in [1.807, 2.05) is 16.8 Å². The quantitative estimate of drug-likeness (QED) is 0.698. The highest BCUT2D eigenvalue weighted by atomic mass is 16.5. The summed E-state index contributed by atoms with van der Waals surface area (Å²) in [5.41, 5.74) is 5.97. The fraction of sp³-hybridized carbons (Fsp3) is 0.286. The molecule has 0 atom stereocenters. The number of aromatic nitrogens is 5. The molecule has 0 saturated carbocycles. The molecular formula is C14H15N6O3. The van der Waals surface area contributed by atoms with Crippen LogP contribution in [-0.4, -0.2) is 44.4 Å². The number of aryl methyl sites for hydroxylation is 2. The summed E-state index contributed by atoms with van der Waals surface area (Å²) in [7, 11) is 3.04. The molecule has 0 aromatic carbocycles. The van der Waals surface area contributed by atoms with Crippen LogP contribution in [0.3, 0.4) is 0 Å². The van der Waals surface area contributed by atoms with Crippen molar-refractivity contribution >= 4 is 16.9 Å². The van der Waals surface area contributed by atoms with Gasteiger partial charge in [-0.1, -0.05) is 0 Å². The summed E-state index contributed by atoms with van der Waals surface area (Å²) in [4.78, 5) is 19.5. The lowest BCUT2D eigenvalue weighted by atomic mass is 10.4. The van der Waals surface area contributed by atoms with E-state index in [4.69, 9.17) is 15.2 Å². The van der Waals surface area contributed by atoms with E-state index in [2.05, 4.69) is 21.1 Å². The summed E-state index contributed by atoms with van der Waals surface area (Å²) in [6.07, 6.45) is 3.46. The second kappa shape index (κ2) is 5.95. The van der Waals surface area contributed by atoms with Gasteiger partial charge >= 0.3 is 6.01 Å². The third-order valence-electron chi connectivity index (χ3n) is 3.32. The molecule has 2 N–H and O–H groups in total. The van der Waals surface area contributed by atoms with Crippen molar-refractivity contribution in [2.45, 2.75) is 13.1 Å². The Morgan fingerprint density at radius 3 is 2.78 bits per heavy atom. The van der Waals surface area contributed by atoms with Crippen LogP contribution in [0.15, 0.2) is 18.5 Å². The van der Waals surface area contributed by atoms with Gasteiger partial charge in [0.1, 0.15) is 0 Å². The zero-order chi connectivity index (χ0) is 16.4. The summed E-state index contributed by atoms with van der Waals surface area (Å²) in [5, 5.41) is 4.84. The standard InChI is InChI=1S/C14H15N6O3/c1-22-13-9-3-5-19(12(9)16-14(17-13)23-2)7-8-20-6-4-10(18-20)11(15)21/h3,5-6H,7-8H2,1-2H3,(H2,15,21). The first kappa shape index (κ1) is 14.8. The minimum atomic E-state index is -0.600.